The molecule has 0 bridgehead atoms. The van der Waals surface area contributed by atoms with Gasteiger partial charge in [0.1, 0.15) is 17.2 Å². The third-order valence-electron chi connectivity index (χ3n) is 6.70. The number of aryl methyl sites for hydroxylation is 1. The Morgan fingerprint density at radius 2 is 1.98 bits per heavy atom. The van der Waals surface area contributed by atoms with Crippen LogP contribution in [0.2, 0.25) is 0 Å². The lowest BCUT2D eigenvalue weighted by molar-refractivity contribution is -0.116. The van der Waals surface area contributed by atoms with Crippen LogP contribution in [-0.4, -0.2) is 71.8 Å². The number of aromatic amines is 1. The summed E-state index contributed by atoms with van der Waals surface area (Å²) < 4.78 is 35.3. The van der Waals surface area contributed by atoms with Gasteiger partial charge < -0.3 is 35.9 Å². The predicted octanol–water partition coefficient (Wildman–Crippen LogP) is 3.71. The fraction of sp³-hybridized carbons (Fsp3) is 0.276. The molecular weight excluding hydrogens is 530 g/mol. The van der Waals surface area contributed by atoms with Gasteiger partial charge in [-0.15, -0.1) is 0 Å². The summed E-state index contributed by atoms with van der Waals surface area (Å²) in [5.41, 5.74) is 8.48. The Labute approximate surface area is 237 Å². The van der Waals surface area contributed by atoms with Crippen molar-refractivity contribution in [3.8, 4) is 5.75 Å². The molecule has 41 heavy (non-hydrogen) atoms. The van der Waals surface area contributed by atoms with Crippen molar-refractivity contribution in [1.82, 2.24) is 25.1 Å². The average molecular weight is 565 g/mol. The number of amidine groups is 1. The molecule has 1 fully saturated rings. The van der Waals surface area contributed by atoms with Gasteiger partial charge >= 0.3 is 0 Å². The van der Waals surface area contributed by atoms with Crippen LogP contribution < -0.4 is 21.1 Å². The molecule has 12 heteroatoms. The van der Waals surface area contributed by atoms with Crippen LogP contribution in [-0.2, 0) is 4.79 Å². The summed E-state index contributed by atoms with van der Waals surface area (Å²) in [7, 11) is 3.49. The number of fused-ring (bicyclic) bond motifs is 1. The van der Waals surface area contributed by atoms with Crippen molar-refractivity contribution < 1.29 is 18.3 Å². The molecule has 2 aromatic heterocycles. The van der Waals surface area contributed by atoms with Crippen LogP contribution in [0.5, 0.6) is 5.75 Å². The summed E-state index contributed by atoms with van der Waals surface area (Å²) in [6.07, 6.45) is 4.97. The number of carbonyl (C=O) groups is 1. The number of hydrogen-bond donors (Lipinski definition) is 4. The molecule has 5 N–H and O–H groups in total. The number of carbonyl (C=O) groups excluding carboxylic acids is 1. The van der Waals surface area contributed by atoms with Gasteiger partial charge in [-0.3, -0.25) is 4.79 Å². The Hall–Kier alpha value is -4.71. The van der Waals surface area contributed by atoms with Crippen molar-refractivity contribution >= 4 is 34.2 Å². The number of rotatable bonds is 8. The fourth-order valence-electron chi connectivity index (χ4n) is 4.61. The summed E-state index contributed by atoms with van der Waals surface area (Å²) in [5.74, 6) is -2.95. The minimum Gasteiger partial charge on any atom is -0.437 e. The molecule has 1 aliphatic rings. The Balaban J connectivity index is 1.63. The Morgan fingerprint density at radius 1 is 1.24 bits per heavy atom. The van der Waals surface area contributed by atoms with Gasteiger partial charge in [0.2, 0.25) is 5.88 Å². The second-order valence-electron chi connectivity index (χ2n) is 9.51. The first-order chi connectivity index (χ1) is 19.7. The maximum absolute atomic E-state index is 15.2. The second kappa shape index (κ2) is 12.6. The van der Waals surface area contributed by atoms with E-state index in [1.807, 2.05) is 13.0 Å². The monoisotopic (exact) mass is 564 g/mol. The number of H-pyrrole nitrogens is 1. The van der Waals surface area contributed by atoms with Crippen LogP contribution >= 0.6 is 0 Å². The van der Waals surface area contributed by atoms with Gasteiger partial charge in [-0.2, -0.15) is 0 Å². The van der Waals surface area contributed by atoms with Gasteiger partial charge in [-0.05, 0) is 39.1 Å². The number of ether oxygens (including phenoxy) is 1. The zero-order chi connectivity index (χ0) is 29.7. The third kappa shape index (κ3) is 6.38. The quantitative estimate of drug-likeness (QED) is 0.142. The van der Waals surface area contributed by atoms with Crippen molar-refractivity contribution in [3.05, 3.63) is 83.7 Å². The highest BCUT2D eigenvalue weighted by Gasteiger charge is 2.24. The lowest BCUT2D eigenvalue weighted by Gasteiger charge is -2.35. The molecule has 1 amide bonds. The average Bonchev–Trinajstić information content (AvgIpc) is 3.36. The number of halogens is 2. The fourth-order valence-corrected chi connectivity index (χ4v) is 4.61. The highest BCUT2D eigenvalue weighted by Crippen LogP contribution is 2.31. The number of pyridine rings is 1. The summed E-state index contributed by atoms with van der Waals surface area (Å²) in [6.45, 7) is 11.0. The first-order valence-electron chi connectivity index (χ1n) is 13.1. The number of likely N-dealkylation sites (N-methyl/N-ethyl adjacent to an activating group) is 2. The molecule has 0 spiro atoms. The van der Waals surface area contributed by atoms with E-state index in [4.69, 9.17) is 10.5 Å². The largest absolute Gasteiger partial charge is 0.437 e. The normalized spacial score (nSPS) is 15.5. The number of hydrogen-bond acceptors (Lipinski definition) is 7. The number of anilines is 1. The molecule has 4 rings (SSSR count). The predicted molar refractivity (Wildman–Crippen MR) is 157 cm³/mol. The number of nitrogens with one attached hydrogen (secondary N) is 3. The molecule has 1 aromatic carbocycles. The van der Waals surface area contributed by atoms with Crippen molar-refractivity contribution in [2.75, 3.05) is 45.6 Å². The molecule has 0 radical (unpaired) electrons. The van der Waals surface area contributed by atoms with Crippen molar-refractivity contribution in [1.29, 1.82) is 0 Å². The number of allylic oxidation sites excluding steroid dienone is 1. The summed E-state index contributed by atoms with van der Waals surface area (Å²) in [5, 5.41) is 5.42. The maximum atomic E-state index is 15.2. The highest BCUT2D eigenvalue weighted by atomic mass is 19.1. The van der Waals surface area contributed by atoms with E-state index in [0.717, 1.165) is 43.5 Å². The lowest BCUT2D eigenvalue weighted by Crippen LogP contribution is -2.43. The van der Waals surface area contributed by atoms with E-state index in [1.54, 1.807) is 19.2 Å². The maximum Gasteiger partial charge on any atom is 0.260 e. The minimum atomic E-state index is -0.836. The molecular formula is C29H34F2N8O2. The first kappa shape index (κ1) is 29.3. The number of nitrogens with two attached hydrogens (primary N) is 1. The smallest absolute Gasteiger partial charge is 0.260 e. The van der Waals surface area contributed by atoms with Crippen LogP contribution in [0.1, 0.15) is 18.2 Å². The van der Waals surface area contributed by atoms with Crippen molar-refractivity contribution in [3.63, 3.8) is 0 Å². The van der Waals surface area contributed by atoms with Crippen LogP contribution in [0.3, 0.4) is 0 Å². The molecule has 0 atom stereocenters. The van der Waals surface area contributed by atoms with Crippen LogP contribution in [0, 0.1) is 18.6 Å². The summed E-state index contributed by atoms with van der Waals surface area (Å²) in [4.78, 5) is 28.9. The molecule has 0 saturated carbocycles. The topological polar surface area (TPSA) is 124 Å². The number of nitrogens with zero attached hydrogens (tertiary/aromatic N) is 4. The van der Waals surface area contributed by atoms with Gasteiger partial charge in [0.25, 0.3) is 5.91 Å². The Bertz CT molecular complexity index is 1530. The van der Waals surface area contributed by atoms with E-state index in [9.17, 15) is 9.18 Å². The van der Waals surface area contributed by atoms with Crippen LogP contribution in [0.25, 0.3) is 16.6 Å². The van der Waals surface area contributed by atoms with E-state index >= 15 is 4.39 Å². The van der Waals surface area contributed by atoms with Gasteiger partial charge in [0, 0.05) is 74.0 Å². The molecule has 216 valence electrons. The number of benzene rings is 1. The van der Waals surface area contributed by atoms with Gasteiger partial charge in [-0.1, -0.05) is 12.7 Å². The molecule has 0 unspecified atom stereocenters. The number of aromatic nitrogens is 2. The molecule has 10 nitrogen and oxygen atoms in total. The molecule has 1 saturated heterocycles. The zero-order valence-corrected chi connectivity index (χ0v) is 23.5. The summed E-state index contributed by atoms with van der Waals surface area (Å²) >= 11 is 0. The van der Waals surface area contributed by atoms with Gasteiger partial charge in [0.05, 0.1) is 5.52 Å². The molecule has 0 aliphatic carbocycles. The van der Waals surface area contributed by atoms with E-state index in [1.165, 1.54) is 19.3 Å². The Morgan fingerprint density at radius 3 is 2.59 bits per heavy atom. The number of piperazine rings is 1. The number of aliphatic imine (C=N–C) groups is 1. The van der Waals surface area contributed by atoms with Gasteiger partial charge in [0.15, 0.2) is 17.4 Å². The van der Waals surface area contributed by atoms with E-state index < -0.39 is 29.2 Å². The second-order valence-corrected chi connectivity index (χ2v) is 9.51. The van der Waals surface area contributed by atoms with E-state index in [2.05, 4.69) is 55.1 Å². The van der Waals surface area contributed by atoms with Crippen molar-refractivity contribution in [2.45, 2.75) is 13.8 Å². The number of amides is 1. The first-order valence-corrected chi connectivity index (χ1v) is 13.1. The van der Waals surface area contributed by atoms with E-state index in [0.29, 0.717) is 11.5 Å². The minimum absolute atomic E-state index is 0.000204. The van der Waals surface area contributed by atoms with Crippen molar-refractivity contribution in [2.24, 2.45) is 10.7 Å². The third-order valence-corrected chi connectivity index (χ3v) is 6.70. The lowest BCUT2D eigenvalue weighted by atomic mass is 10.1. The van der Waals surface area contributed by atoms with E-state index in [-0.39, 0.29) is 22.3 Å². The van der Waals surface area contributed by atoms with Crippen LogP contribution in [0.4, 0.5) is 14.6 Å². The zero-order valence-electron chi connectivity index (χ0n) is 23.5. The summed E-state index contributed by atoms with van der Waals surface area (Å²) in [6, 6.07) is 5.96. The SMILES string of the molecule is C=CN=C(Nc1ccc(C(=CC)N2CCN(C)CC2)cn1)/C(C(=O)NC)=C(\N)Oc1cc(F)c2[nH]c(C)cc2c1F. The molecule has 3 aromatic rings. The molecule has 1 aliphatic heterocycles. The van der Waals surface area contributed by atoms with Gasteiger partial charge in [-0.25, -0.2) is 18.8 Å². The highest BCUT2D eigenvalue weighted by molar-refractivity contribution is 6.25. The van der Waals surface area contributed by atoms with Crippen LogP contribution in [0.15, 0.2) is 65.8 Å². The Kier molecular flexibility index (Phi) is 9.03. The standard InChI is InChI=1S/C29H34F2N8O2/c1-6-21(39-12-10-38(5)11-13-39)18-8-9-23(35-16-18)37-28(34-7-2)24(29(40)33-4)27(32)41-22-15-20(30)26-19(25(22)31)14-17(3)36-26/h6-9,14-16,36H,2,10-13,32H2,1,3-5H3,(H,33,40)(H,34,35,37)/b21-6?,27-24-. The molecule has 3 heterocycles.